The van der Waals surface area contributed by atoms with Gasteiger partial charge in [0.1, 0.15) is 5.60 Å². The second kappa shape index (κ2) is 2.91. The number of fused-ring (bicyclic) bond motifs is 4. The van der Waals surface area contributed by atoms with Crippen LogP contribution in [0.3, 0.4) is 0 Å². The highest BCUT2D eigenvalue weighted by Gasteiger charge is 2.63. The molecule has 3 atom stereocenters. The predicted molar refractivity (Wildman–Crippen MR) is 62.5 cm³/mol. The summed E-state index contributed by atoms with van der Waals surface area (Å²) in [7, 11) is 0. The van der Waals surface area contributed by atoms with Crippen molar-refractivity contribution in [2.45, 2.75) is 37.5 Å². The second-order valence-electron chi connectivity index (χ2n) is 5.51. The van der Waals surface area contributed by atoms with Gasteiger partial charge in [0.25, 0.3) is 5.91 Å². The molecule has 2 saturated heterocycles. The summed E-state index contributed by atoms with van der Waals surface area (Å²) in [5.41, 5.74) is 2.52. The summed E-state index contributed by atoms with van der Waals surface area (Å²) in [5.74, 6) is 0.193. The van der Waals surface area contributed by atoms with Crippen LogP contribution in [0.2, 0.25) is 0 Å². The lowest BCUT2D eigenvalue weighted by Gasteiger charge is -2.40. The number of ether oxygens (including phenoxy) is 1. The monoisotopic (exact) mass is 229 g/mol. The van der Waals surface area contributed by atoms with Gasteiger partial charge in [-0.1, -0.05) is 24.3 Å². The average molecular weight is 229 g/mol. The molecule has 0 aliphatic carbocycles. The third-order valence-electron chi connectivity index (χ3n) is 4.40. The molecular weight excluding hydrogens is 214 g/mol. The Balaban J connectivity index is 1.80. The van der Waals surface area contributed by atoms with Crippen molar-refractivity contribution < 1.29 is 9.53 Å². The van der Waals surface area contributed by atoms with E-state index in [1.807, 2.05) is 4.90 Å². The van der Waals surface area contributed by atoms with E-state index >= 15 is 0 Å². The molecule has 2 fully saturated rings. The SMILES string of the molecule is C[C@]12C[C@H]3c4ccccc4CCN3C(=O)[C@H]1O2. The second-order valence-corrected chi connectivity index (χ2v) is 5.51. The summed E-state index contributed by atoms with van der Waals surface area (Å²) >= 11 is 0. The number of hydrogen-bond donors (Lipinski definition) is 0. The van der Waals surface area contributed by atoms with E-state index in [1.54, 1.807) is 0 Å². The molecule has 0 bridgehead atoms. The summed E-state index contributed by atoms with van der Waals surface area (Å²) in [6.07, 6.45) is 1.76. The highest BCUT2D eigenvalue weighted by molar-refractivity contribution is 5.87. The number of nitrogens with zero attached hydrogens (tertiary/aromatic N) is 1. The van der Waals surface area contributed by atoms with Crippen LogP contribution in [0.5, 0.6) is 0 Å². The molecule has 0 aromatic heterocycles. The van der Waals surface area contributed by atoms with Gasteiger partial charge in [-0.25, -0.2) is 0 Å². The highest BCUT2D eigenvalue weighted by atomic mass is 16.6. The van der Waals surface area contributed by atoms with Crippen molar-refractivity contribution in [2.24, 2.45) is 0 Å². The molecule has 0 unspecified atom stereocenters. The Labute approximate surface area is 100 Å². The molecule has 4 rings (SSSR count). The summed E-state index contributed by atoms with van der Waals surface area (Å²) in [4.78, 5) is 14.2. The van der Waals surface area contributed by atoms with E-state index in [4.69, 9.17) is 4.74 Å². The average Bonchev–Trinajstić information content (AvgIpc) is 3.02. The van der Waals surface area contributed by atoms with Crippen molar-refractivity contribution in [3.8, 4) is 0 Å². The first-order valence-corrected chi connectivity index (χ1v) is 6.25. The van der Waals surface area contributed by atoms with Crippen LogP contribution in [-0.2, 0) is 16.0 Å². The Hall–Kier alpha value is -1.35. The largest absolute Gasteiger partial charge is 0.356 e. The molecule has 3 aliphatic rings. The van der Waals surface area contributed by atoms with Crippen molar-refractivity contribution in [2.75, 3.05) is 6.54 Å². The smallest absolute Gasteiger partial charge is 0.255 e. The number of piperidine rings is 1. The van der Waals surface area contributed by atoms with Crippen LogP contribution in [0.1, 0.15) is 30.5 Å². The van der Waals surface area contributed by atoms with Gasteiger partial charge < -0.3 is 9.64 Å². The molecule has 0 saturated carbocycles. The van der Waals surface area contributed by atoms with E-state index in [-0.39, 0.29) is 23.7 Å². The first-order chi connectivity index (χ1) is 8.19. The van der Waals surface area contributed by atoms with Crippen LogP contribution in [0.25, 0.3) is 0 Å². The molecule has 3 aliphatic heterocycles. The van der Waals surface area contributed by atoms with Crippen LogP contribution < -0.4 is 0 Å². The van der Waals surface area contributed by atoms with Gasteiger partial charge in [0, 0.05) is 13.0 Å². The zero-order chi connectivity index (χ0) is 11.6. The Morgan fingerprint density at radius 1 is 1.41 bits per heavy atom. The standard InChI is InChI=1S/C14H15NO2/c1-14-8-11-10-5-3-2-4-9(10)6-7-15(11)13(16)12(14)17-14/h2-5,11-12H,6-8H2,1H3/t11-,12+,14-/m0/s1. The number of benzene rings is 1. The minimum atomic E-state index is -0.192. The molecule has 3 nitrogen and oxygen atoms in total. The van der Waals surface area contributed by atoms with Crippen molar-refractivity contribution in [1.29, 1.82) is 0 Å². The number of hydrogen-bond acceptors (Lipinski definition) is 2. The fraction of sp³-hybridized carbons (Fsp3) is 0.500. The molecule has 1 aromatic rings. The molecule has 3 heteroatoms. The van der Waals surface area contributed by atoms with Crippen LogP contribution >= 0.6 is 0 Å². The number of carbonyl (C=O) groups excluding carboxylic acids is 1. The fourth-order valence-electron chi connectivity index (χ4n) is 3.37. The molecule has 0 spiro atoms. The molecule has 88 valence electrons. The number of carbonyl (C=O) groups is 1. The fourth-order valence-corrected chi connectivity index (χ4v) is 3.37. The lowest BCUT2D eigenvalue weighted by molar-refractivity contribution is -0.136. The zero-order valence-electron chi connectivity index (χ0n) is 9.85. The molecule has 17 heavy (non-hydrogen) atoms. The Morgan fingerprint density at radius 2 is 2.24 bits per heavy atom. The van der Waals surface area contributed by atoms with Gasteiger partial charge >= 0.3 is 0 Å². The maximum atomic E-state index is 12.2. The maximum Gasteiger partial charge on any atom is 0.255 e. The van der Waals surface area contributed by atoms with E-state index < -0.39 is 0 Å². The first kappa shape index (κ1) is 9.66. The summed E-state index contributed by atoms with van der Waals surface area (Å²) in [6, 6.07) is 8.72. The van der Waals surface area contributed by atoms with E-state index in [2.05, 4.69) is 31.2 Å². The Bertz CT molecular complexity index is 513. The summed E-state index contributed by atoms with van der Waals surface area (Å²) < 4.78 is 5.59. The number of rotatable bonds is 0. The lowest BCUT2D eigenvalue weighted by Crippen LogP contribution is -2.48. The van der Waals surface area contributed by atoms with Gasteiger partial charge in [0.05, 0.1) is 6.04 Å². The van der Waals surface area contributed by atoms with Crippen LogP contribution in [-0.4, -0.2) is 29.1 Å². The normalized spacial score (nSPS) is 38.2. The lowest BCUT2D eigenvalue weighted by atomic mass is 9.82. The predicted octanol–water partition coefficient (Wildman–Crippen LogP) is 1.67. The van der Waals surface area contributed by atoms with Gasteiger partial charge in [-0.3, -0.25) is 4.79 Å². The van der Waals surface area contributed by atoms with Gasteiger partial charge in [0.2, 0.25) is 0 Å². The highest BCUT2D eigenvalue weighted by Crippen LogP contribution is 2.51. The third kappa shape index (κ3) is 1.18. The van der Waals surface area contributed by atoms with Gasteiger partial charge in [-0.2, -0.15) is 0 Å². The molecule has 3 heterocycles. The van der Waals surface area contributed by atoms with Gasteiger partial charge in [0.15, 0.2) is 6.10 Å². The maximum absolute atomic E-state index is 12.2. The minimum absolute atomic E-state index is 0.163. The third-order valence-corrected chi connectivity index (χ3v) is 4.40. The molecule has 0 N–H and O–H groups in total. The van der Waals surface area contributed by atoms with Crippen LogP contribution in [0, 0.1) is 0 Å². The molecule has 1 aromatic carbocycles. The zero-order valence-corrected chi connectivity index (χ0v) is 9.85. The summed E-state index contributed by atoms with van der Waals surface area (Å²) in [5, 5.41) is 0. The van der Waals surface area contributed by atoms with Crippen molar-refractivity contribution in [3.63, 3.8) is 0 Å². The molecular formula is C14H15NO2. The quantitative estimate of drug-likeness (QED) is 0.634. The van der Waals surface area contributed by atoms with E-state index in [0.29, 0.717) is 0 Å². The topological polar surface area (TPSA) is 32.8 Å². The van der Waals surface area contributed by atoms with Gasteiger partial charge in [-0.15, -0.1) is 0 Å². The summed E-state index contributed by atoms with van der Waals surface area (Å²) in [6.45, 7) is 2.90. The van der Waals surface area contributed by atoms with Crippen molar-refractivity contribution >= 4 is 5.91 Å². The molecule has 1 amide bonds. The van der Waals surface area contributed by atoms with Gasteiger partial charge in [-0.05, 0) is 24.5 Å². The Kier molecular flexibility index (Phi) is 1.65. The van der Waals surface area contributed by atoms with Crippen LogP contribution in [0.15, 0.2) is 24.3 Å². The van der Waals surface area contributed by atoms with E-state index in [0.717, 1.165) is 19.4 Å². The minimum Gasteiger partial charge on any atom is -0.356 e. The first-order valence-electron chi connectivity index (χ1n) is 6.25. The number of amides is 1. The van der Waals surface area contributed by atoms with E-state index in [1.165, 1.54) is 11.1 Å². The van der Waals surface area contributed by atoms with E-state index in [9.17, 15) is 4.79 Å². The van der Waals surface area contributed by atoms with Crippen molar-refractivity contribution in [3.05, 3.63) is 35.4 Å². The van der Waals surface area contributed by atoms with Crippen LogP contribution in [0.4, 0.5) is 0 Å². The van der Waals surface area contributed by atoms with Crippen molar-refractivity contribution in [1.82, 2.24) is 4.90 Å². The molecule has 0 radical (unpaired) electrons. The Morgan fingerprint density at radius 3 is 3.12 bits per heavy atom. The number of epoxide rings is 1.